The van der Waals surface area contributed by atoms with Crippen molar-refractivity contribution in [2.24, 2.45) is 5.92 Å². The number of carbonyl (C=O) groups is 2. The average molecular weight is 308 g/mol. The number of hydrogen-bond acceptors (Lipinski definition) is 4. The molecule has 1 aromatic carbocycles. The summed E-state index contributed by atoms with van der Waals surface area (Å²) in [5, 5.41) is 4.96. The average Bonchev–Trinajstić information content (AvgIpc) is 2.47. The normalized spacial score (nSPS) is 21.0. The summed E-state index contributed by atoms with van der Waals surface area (Å²) in [6.07, 6.45) is 0. The molecule has 0 spiro atoms. The SMILES string of the molecule is C=C1NC(=O)N[C@H](c2ccccc2F)[C@H]1C(=O)OCCOC. The van der Waals surface area contributed by atoms with Gasteiger partial charge in [-0.15, -0.1) is 0 Å². The van der Waals surface area contributed by atoms with Crippen molar-refractivity contribution in [3.05, 3.63) is 47.9 Å². The smallest absolute Gasteiger partial charge is 0.319 e. The molecule has 0 saturated carbocycles. The zero-order chi connectivity index (χ0) is 16.1. The first-order chi connectivity index (χ1) is 10.5. The minimum absolute atomic E-state index is 0.0665. The van der Waals surface area contributed by atoms with Gasteiger partial charge in [-0.1, -0.05) is 24.8 Å². The standard InChI is InChI=1S/C15H17FN2O4/c1-9-12(14(19)22-8-7-21-2)13(18-15(20)17-9)10-5-3-4-6-11(10)16/h3-6,12-13H,1,7-8H2,2H3,(H2,17,18,20)/t12-,13+/m0/s1. The number of methoxy groups -OCH3 is 1. The van der Waals surface area contributed by atoms with Gasteiger partial charge in [0, 0.05) is 18.4 Å². The maximum Gasteiger partial charge on any atom is 0.319 e. The van der Waals surface area contributed by atoms with Crippen molar-refractivity contribution in [1.82, 2.24) is 10.6 Å². The maximum absolute atomic E-state index is 14.0. The molecule has 2 amide bonds. The summed E-state index contributed by atoms with van der Waals surface area (Å²) in [5.41, 5.74) is 0.367. The van der Waals surface area contributed by atoms with Gasteiger partial charge in [-0.05, 0) is 6.07 Å². The van der Waals surface area contributed by atoms with Gasteiger partial charge in [-0.2, -0.15) is 0 Å². The van der Waals surface area contributed by atoms with E-state index >= 15 is 0 Å². The van der Waals surface area contributed by atoms with Crippen LogP contribution in [-0.4, -0.2) is 32.3 Å². The van der Waals surface area contributed by atoms with Crippen LogP contribution in [0.15, 0.2) is 36.5 Å². The van der Waals surface area contributed by atoms with E-state index in [2.05, 4.69) is 17.2 Å². The van der Waals surface area contributed by atoms with Crippen molar-refractivity contribution in [2.75, 3.05) is 20.3 Å². The molecule has 2 atom stereocenters. The largest absolute Gasteiger partial charge is 0.463 e. The summed E-state index contributed by atoms with van der Waals surface area (Å²) >= 11 is 0. The van der Waals surface area contributed by atoms with E-state index in [-0.39, 0.29) is 24.5 Å². The van der Waals surface area contributed by atoms with Crippen molar-refractivity contribution < 1.29 is 23.5 Å². The molecule has 0 aromatic heterocycles. The lowest BCUT2D eigenvalue weighted by Crippen LogP contribution is -2.51. The molecule has 2 rings (SSSR count). The van der Waals surface area contributed by atoms with E-state index < -0.39 is 29.8 Å². The van der Waals surface area contributed by atoms with Gasteiger partial charge in [-0.25, -0.2) is 9.18 Å². The predicted octanol–water partition coefficient (Wildman–Crippen LogP) is 1.50. The van der Waals surface area contributed by atoms with Crippen molar-refractivity contribution >= 4 is 12.0 Å². The number of esters is 1. The van der Waals surface area contributed by atoms with Crippen LogP contribution in [0.1, 0.15) is 11.6 Å². The second-order valence-corrected chi connectivity index (χ2v) is 4.76. The molecule has 1 aliphatic heterocycles. The number of nitrogens with one attached hydrogen (secondary N) is 2. The number of carbonyl (C=O) groups excluding carboxylic acids is 2. The lowest BCUT2D eigenvalue weighted by molar-refractivity contribution is -0.149. The lowest BCUT2D eigenvalue weighted by atomic mass is 9.89. The van der Waals surface area contributed by atoms with E-state index in [1.807, 2.05) is 0 Å². The van der Waals surface area contributed by atoms with Crippen molar-refractivity contribution in [2.45, 2.75) is 6.04 Å². The molecule has 0 bridgehead atoms. The Morgan fingerprint density at radius 2 is 2.09 bits per heavy atom. The summed E-state index contributed by atoms with van der Waals surface area (Å²) < 4.78 is 23.9. The Bertz CT molecular complexity index is 591. The lowest BCUT2D eigenvalue weighted by Gasteiger charge is -2.33. The summed E-state index contributed by atoms with van der Waals surface area (Å²) in [7, 11) is 1.48. The first kappa shape index (κ1) is 16.0. The second-order valence-electron chi connectivity index (χ2n) is 4.76. The van der Waals surface area contributed by atoms with E-state index in [1.54, 1.807) is 6.07 Å². The fourth-order valence-electron chi connectivity index (χ4n) is 2.26. The maximum atomic E-state index is 14.0. The van der Waals surface area contributed by atoms with Gasteiger partial charge in [0.05, 0.1) is 12.6 Å². The van der Waals surface area contributed by atoms with Crippen LogP contribution in [-0.2, 0) is 14.3 Å². The fraction of sp³-hybridized carbons (Fsp3) is 0.333. The Hall–Kier alpha value is -2.41. The molecule has 7 heteroatoms. The number of urea groups is 1. The van der Waals surface area contributed by atoms with Crippen LogP contribution < -0.4 is 10.6 Å². The molecule has 1 saturated heterocycles. The van der Waals surface area contributed by atoms with Gasteiger partial charge in [-0.3, -0.25) is 4.79 Å². The van der Waals surface area contributed by atoms with Crippen molar-refractivity contribution in [3.63, 3.8) is 0 Å². The summed E-state index contributed by atoms with van der Waals surface area (Å²) in [4.78, 5) is 23.9. The van der Waals surface area contributed by atoms with Gasteiger partial charge in [0.25, 0.3) is 0 Å². The molecule has 1 aromatic rings. The van der Waals surface area contributed by atoms with Crippen LogP contribution >= 0.6 is 0 Å². The highest BCUT2D eigenvalue weighted by Gasteiger charge is 2.39. The predicted molar refractivity (Wildman–Crippen MR) is 76.3 cm³/mol. The van der Waals surface area contributed by atoms with Crippen LogP contribution in [0.2, 0.25) is 0 Å². The molecular weight excluding hydrogens is 291 g/mol. The molecule has 1 aliphatic rings. The zero-order valence-electron chi connectivity index (χ0n) is 12.1. The van der Waals surface area contributed by atoms with Crippen LogP contribution in [0, 0.1) is 11.7 Å². The molecule has 2 N–H and O–H groups in total. The number of amides is 2. The molecule has 6 nitrogen and oxygen atoms in total. The molecular formula is C15H17FN2O4. The molecule has 0 unspecified atom stereocenters. The van der Waals surface area contributed by atoms with Crippen molar-refractivity contribution in [3.8, 4) is 0 Å². The van der Waals surface area contributed by atoms with Gasteiger partial charge < -0.3 is 20.1 Å². The topological polar surface area (TPSA) is 76.7 Å². The third kappa shape index (κ3) is 3.43. The third-order valence-corrected chi connectivity index (χ3v) is 3.30. The number of halogens is 1. The highest BCUT2D eigenvalue weighted by Crippen LogP contribution is 2.31. The Kier molecular flexibility index (Phi) is 5.11. The molecule has 1 heterocycles. The first-order valence-electron chi connectivity index (χ1n) is 6.71. The molecule has 0 radical (unpaired) electrons. The van der Waals surface area contributed by atoms with Crippen LogP contribution in [0.3, 0.4) is 0 Å². The van der Waals surface area contributed by atoms with Crippen LogP contribution in [0.4, 0.5) is 9.18 Å². The van der Waals surface area contributed by atoms with Gasteiger partial charge >= 0.3 is 12.0 Å². The zero-order valence-corrected chi connectivity index (χ0v) is 12.1. The Morgan fingerprint density at radius 3 is 2.77 bits per heavy atom. The van der Waals surface area contributed by atoms with Gasteiger partial charge in [0.15, 0.2) is 0 Å². The number of rotatable bonds is 5. The molecule has 118 valence electrons. The summed E-state index contributed by atoms with van der Waals surface area (Å²) in [6, 6.07) is 4.51. The highest BCUT2D eigenvalue weighted by molar-refractivity contribution is 5.85. The van der Waals surface area contributed by atoms with E-state index in [4.69, 9.17) is 9.47 Å². The number of benzene rings is 1. The monoisotopic (exact) mass is 308 g/mol. The Morgan fingerprint density at radius 1 is 1.36 bits per heavy atom. The number of ether oxygens (including phenoxy) is 2. The molecule has 1 fully saturated rings. The Balaban J connectivity index is 2.26. The van der Waals surface area contributed by atoms with Gasteiger partial charge in [0.1, 0.15) is 18.3 Å². The second kappa shape index (κ2) is 7.04. The number of hydrogen-bond donors (Lipinski definition) is 2. The van der Waals surface area contributed by atoms with E-state index in [0.717, 1.165) is 0 Å². The third-order valence-electron chi connectivity index (χ3n) is 3.30. The quantitative estimate of drug-likeness (QED) is 0.638. The summed E-state index contributed by atoms with van der Waals surface area (Å²) in [6.45, 7) is 3.99. The van der Waals surface area contributed by atoms with Crippen molar-refractivity contribution in [1.29, 1.82) is 0 Å². The van der Waals surface area contributed by atoms with E-state index in [0.29, 0.717) is 0 Å². The molecule has 22 heavy (non-hydrogen) atoms. The molecule has 0 aliphatic carbocycles. The van der Waals surface area contributed by atoms with E-state index in [1.165, 1.54) is 25.3 Å². The highest BCUT2D eigenvalue weighted by atomic mass is 19.1. The van der Waals surface area contributed by atoms with Gasteiger partial charge in [0.2, 0.25) is 0 Å². The van der Waals surface area contributed by atoms with Crippen LogP contribution in [0.5, 0.6) is 0 Å². The van der Waals surface area contributed by atoms with Crippen LogP contribution in [0.25, 0.3) is 0 Å². The summed E-state index contributed by atoms with van der Waals surface area (Å²) in [5.74, 6) is -2.05. The first-order valence-corrected chi connectivity index (χ1v) is 6.71. The minimum atomic E-state index is -0.925. The minimum Gasteiger partial charge on any atom is -0.463 e. The Labute approximate surface area is 127 Å². The fourth-order valence-corrected chi connectivity index (χ4v) is 2.26. The van der Waals surface area contributed by atoms with E-state index in [9.17, 15) is 14.0 Å².